The molecule has 0 aromatic heterocycles. The van der Waals surface area contributed by atoms with Crippen LogP contribution in [0.2, 0.25) is 5.02 Å². The van der Waals surface area contributed by atoms with E-state index in [0.29, 0.717) is 33.2 Å². The largest absolute Gasteiger partial charge is 0.467 e. The number of carbonyl (C=O) groups is 1. The first-order valence-electron chi connectivity index (χ1n) is 6.98. The maximum absolute atomic E-state index is 13.8. The average molecular weight is 332 g/mol. The van der Waals surface area contributed by atoms with Gasteiger partial charge in [0.05, 0.1) is 12.3 Å². The topological polar surface area (TPSA) is 47.6 Å². The molecule has 6 heteroatoms. The molecule has 0 radical (unpaired) electrons. The van der Waals surface area contributed by atoms with Gasteiger partial charge < -0.3 is 14.8 Å². The summed E-state index contributed by atoms with van der Waals surface area (Å²) in [4.78, 5) is 12.2. The lowest BCUT2D eigenvalue weighted by Gasteiger charge is -2.19. The molecule has 0 bridgehead atoms. The quantitative estimate of drug-likeness (QED) is 0.808. The van der Waals surface area contributed by atoms with Crippen LogP contribution in [0.15, 0.2) is 30.3 Å². The van der Waals surface area contributed by atoms with Crippen LogP contribution < -0.4 is 10.1 Å². The first-order valence-corrected chi connectivity index (χ1v) is 7.35. The minimum atomic E-state index is -0.403. The number of ether oxygens (including phenoxy) is 2. The Kier molecular flexibility index (Phi) is 3.32. The molecular formula is C17H11ClFNO3. The van der Waals surface area contributed by atoms with Crippen molar-refractivity contribution in [2.24, 2.45) is 0 Å². The van der Waals surface area contributed by atoms with Crippen molar-refractivity contribution in [2.75, 3.05) is 12.1 Å². The zero-order valence-corrected chi connectivity index (χ0v) is 12.6. The van der Waals surface area contributed by atoms with Crippen LogP contribution in [-0.4, -0.2) is 12.7 Å². The summed E-state index contributed by atoms with van der Waals surface area (Å²) >= 11 is 5.94. The van der Waals surface area contributed by atoms with Crippen molar-refractivity contribution < 1.29 is 18.7 Å². The van der Waals surface area contributed by atoms with Crippen molar-refractivity contribution in [1.29, 1.82) is 0 Å². The third-order valence-corrected chi connectivity index (χ3v) is 4.00. The Balaban J connectivity index is 1.86. The van der Waals surface area contributed by atoms with Crippen LogP contribution in [0.25, 0.3) is 11.6 Å². The lowest BCUT2D eigenvalue weighted by Crippen LogP contribution is -2.13. The van der Waals surface area contributed by atoms with E-state index in [1.54, 1.807) is 24.3 Å². The van der Waals surface area contributed by atoms with Gasteiger partial charge in [-0.1, -0.05) is 17.7 Å². The van der Waals surface area contributed by atoms with E-state index >= 15 is 0 Å². The number of anilines is 1. The highest BCUT2D eigenvalue weighted by atomic mass is 35.5. The highest BCUT2D eigenvalue weighted by Crippen LogP contribution is 2.37. The van der Waals surface area contributed by atoms with Gasteiger partial charge in [0, 0.05) is 27.3 Å². The standard InChI is InChI=1S/C17H11ClFNO3/c18-11-1-2-13-14(17(21)20-15(13)6-11)5-9-3-12(19)4-10-7-22-8-23-16(9)10/h1-6H,7-8H2,(H,20,21)/b14-5-. The first kappa shape index (κ1) is 14.2. The number of carbonyl (C=O) groups excluding carboxylic acids is 1. The molecule has 0 spiro atoms. The summed E-state index contributed by atoms with van der Waals surface area (Å²) in [7, 11) is 0. The third kappa shape index (κ3) is 2.48. The number of amides is 1. The van der Waals surface area contributed by atoms with E-state index in [2.05, 4.69) is 5.32 Å². The number of hydrogen-bond donors (Lipinski definition) is 1. The number of rotatable bonds is 1. The number of halogens is 2. The molecule has 2 aromatic carbocycles. The molecule has 0 aliphatic carbocycles. The summed E-state index contributed by atoms with van der Waals surface area (Å²) < 4.78 is 24.5. The summed E-state index contributed by atoms with van der Waals surface area (Å²) in [6.07, 6.45) is 1.63. The molecule has 2 aliphatic rings. The van der Waals surface area contributed by atoms with Crippen LogP contribution in [0.4, 0.5) is 10.1 Å². The zero-order chi connectivity index (χ0) is 16.0. The smallest absolute Gasteiger partial charge is 0.256 e. The zero-order valence-electron chi connectivity index (χ0n) is 11.9. The van der Waals surface area contributed by atoms with Gasteiger partial charge in [-0.25, -0.2) is 4.39 Å². The number of fused-ring (bicyclic) bond motifs is 2. The number of nitrogens with one attached hydrogen (secondary N) is 1. The highest BCUT2D eigenvalue weighted by Gasteiger charge is 2.25. The summed E-state index contributed by atoms with van der Waals surface area (Å²) in [6.45, 7) is 0.384. The van der Waals surface area contributed by atoms with Gasteiger partial charge >= 0.3 is 0 Å². The Labute approximate surface area is 136 Å². The van der Waals surface area contributed by atoms with Gasteiger partial charge in [-0.05, 0) is 30.3 Å². The van der Waals surface area contributed by atoms with Gasteiger partial charge in [-0.15, -0.1) is 0 Å². The minimum absolute atomic E-state index is 0.104. The van der Waals surface area contributed by atoms with E-state index in [0.717, 1.165) is 5.56 Å². The van der Waals surface area contributed by atoms with Crippen LogP contribution >= 0.6 is 11.6 Å². The molecule has 0 fully saturated rings. The van der Waals surface area contributed by atoms with Crippen molar-refractivity contribution in [1.82, 2.24) is 0 Å². The molecule has 2 heterocycles. The second kappa shape index (κ2) is 5.37. The molecule has 116 valence electrons. The van der Waals surface area contributed by atoms with E-state index in [4.69, 9.17) is 21.1 Å². The Morgan fingerprint density at radius 3 is 3.00 bits per heavy atom. The van der Waals surface area contributed by atoms with Gasteiger partial charge in [0.2, 0.25) is 0 Å². The molecular weight excluding hydrogens is 321 g/mol. The normalized spacial score (nSPS) is 17.5. The fraction of sp³-hybridized carbons (Fsp3) is 0.118. The van der Waals surface area contributed by atoms with E-state index < -0.39 is 5.82 Å². The Hall–Kier alpha value is -2.37. The molecule has 2 aliphatic heterocycles. The van der Waals surface area contributed by atoms with E-state index in [1.165, 1.54) is 12.1 Å². The van der Waals surface area contributed by atoms with Crippen LogP contribution in [0.5, 0.6) is 5.75 Å². The molecule has 4 nitrogen and oxygen atoms in total. The van der Waals surface area contributed by atoms with Crippen molar-refractivity contribution in [3.63, 3.8) is 0 Å². The van der Waals surface area contributed by atoms with Gasteiger partial charge in [-0.3, -0.25) is 4.79 Å². The maximum atomic E-state index is 13.8. The van der Waals surface area contributed by atoms with Crippen molar-refractivity contribution in [3.05, 3.63) is 57.9 Å². The summed E-state index contributed by atoms with van der Waals surface area (Å²) in [6, 6.07) is 7.87. The molecule has 1 amide bonds. The molecule has 0 saturated heterocycles. The Bertz CT molecular complexity index is 863. The Morgan fingerprint density at radius 1 is 1.26 bits per heavy atom. The van der Waals surface area contributed by atoms with Gasteiger partial charge in [0.15, 0.2) is 6.79 Å². The average Bonchev–Trinajstić information content (AvgIpc) is 2.82. The summed E-state index contributed by atoms with van der Waals surface area (Å²) in [5.41, 5.74) is 2.95. The van der Waals surface area contributed by atoms with Gasteiger partial charge in [0.1, 0.15) is 11.6 Å². The Morgan fingerprint density at radius 2 is 2.13 bits per heavy atom. The second-order valence-corrected chi connectivity index (χ2v) is 5.73. The van der Waals surface area contributed by atoms with Gasteiger partial charge in [0.25, 0.3) is 5.91 Å². The molecule has 23 heavy (non-hydrogen) atoms. The molecule has 0 atom stereocenters. The molecule has 0 unspecified atom stereocenters. The molecule has 4 rings (SSSR count). The van der Waals surface area contributed by atoms with E-state index in [9.17, 15) is 9.18 Å². The first-order chi connectivity index (χ1) is 11.1. The second-order valence-electron chi connectivity index (χ2n) is 5.30. The van der Waals surface area contributed by atoms with Crippen LogP contribution in [0.3, 0.4) is 0 Å². The number of benzene rings is 2. The van der Waals surface area contributed by atoms with E-state index in [1.807, 2.05) is 0 Å². The lowest BCUT2D eigenvalue weighted by molar-refractivity contribution is -0.110. The maximum Gasteiger partial charge on any atom is 0.256 e. The van der Waals surface area contributed by atoms with Gasteiger partial charge in [-0.2, -0.15) is 0 Å². The van der Waals surface area contributed by atoms with Crippen LogP contribution in [-0.2, 0) is 16.1 Å². The summed E-state index contributed by atoms with van der Waals surface area (Å²) in [5.74, 6) is -0.118. The predicted molar refractivity (Wildman–Crippen MR) is 84.6 cm³/mol. The fourth-order valence-corrected chi connectivity index (χ4v) is 2.95. The minimum Gasteiger partial charge on any atom is -0.467 e. The molecule has 2 aromatic rings. The monoisotopic (exact) mass is 331 g/mol. The lowest BCUT2D eigenvalue weighted by atomic mass is 10.0. The highest BCUT2D eigenvalue weighted by molar-refractivity contribution is 6.36. The van der Waals surface area contributed by atoms with Crippen molar-refractivity contribution >= 4 is 34.8 Å². The number of hydrogen-bond acceptors (Lipinski definition) is 3. The predicted octanol–water partition coefficient (Wildman–Crippen LogP) is 3.84. The van der Waals surface area contributed by atoms with E-state index in [-0.39, 0.29) is 19.3 Å². The third-order valence-electron chi connectivity index (χ3n) is 3.77. The molecule has 1 N–H and O–H groups in total. The SMILES string of the molecule is O=C1Nc2cc(Cl)ccc2/C1=C/c1cc(F)cc2c1OCOC2. The van der Waals surface area contributed by atoms with Crippen molar-refractivity contribution in [2.45, 2.75) is 6.61 Å². The van der Waals surface area contributed by atoms with Crippen molar-refractivity contribution in [3.8, 4) is 5.75 Å². The summed E-state index contributed by atoms with van der Waals surface area (Å²) in [5, 5.41) is 3.29. The van der Waals surface area contributed by atoms with Crippen LogP contribution in [0.1, 0.15) is 16.7 Å². The van der Waals surface area contributed by atoms with Crippen LogP contribution in [0, 0.1) is 5.82 Å². The fourth-order valence-electron chi connectivity index (χ4n) is 2.78. The molecule has 0 saturated carbocycles.